The molecule has 40 heavy (non-hydrogen) atoms. The summed E-state index contributed by atoms with van der Waals surface area (Å²) in [5, 5.41) is 0. The van der Waals surface area contributed by atoms with E-state index in [1.165, 1.54) is 180 Å². The average molecular weight is 587 g/mol. The van der Waals surface area contributed by atoms with Crippen molar-refractivity contribution in [3.63, 3.8) is 0 Å². The van der Waals surface area contributed by atoms with Crippen LogP contribution in [-0.4, -0.2) is 9.79 Å². The average Bonchev–Trinajstić information content (AvgIpc) is 2.93. The van der Waals surface area contributed by atoms with Crippen molar-refractivity contribution in [3.8, 4) is 0 Å². The van der Waals surface area contributed by atoms with Gasteiger partial charge in [-0.2, -0.15) is 0 Å². The Kier molecular flexibility index (Phi) is 50.3. The standard InChI is InChI=1S/2C18H36.H3O3P/c2*1-3-5-7-9-11-13-15-17-18-16-14-12-10-8-6-4-2;1-4(2)3/h2*17-18H,3-16H2,1-2H3;4H,(H2,1,2,3). The molecule has 4 heteroatoms. The topological polar surface area (TPSA) is 57.5 Å². The van der Waals surface area contributed by atoms with Gasteiger partial charge in [0.05, 0.1) is 0 Å². The van der Waals surface area contributed by atoms with Crippen molar-refractivity contribution in [2.75, 3.05) is 0 Å². The van der Waals surface area contributed by atoms with Gasteiger partial charge in [-0.05, 0) is 51.4 Å². The second-order valence-corrected chi connectivity index (χ2v) is 12.0. The summed E-state index contributed by atoms with van der Waals surface area (Å²) in [6.45, 7) is 9.13. The van der Waals surface area contributed by atoms with Crippen molar-refractivity contribution in [1.29, 1.82) is 0 Å². The van der Waals surface area contributed by atoms with Gasteiger partial charge in [-0.15, -0.1) is 0 Å². The molecule has 0 aromatic carbocycles. The molecule has 0 heterocycles. The van der Waals surface area contributed by atoms with Gasteiger partial charge in [0.2, 0.25) is 0 Å². The largest absolute Gasteiger partial charge is 0.326 e. The molecule has 0 rings (SSSR count). The van der Waals surface area contributed by atoms with Crippen molar-refractivity contribution >= 4 is 8.25 Å². The lowest BCUT2D eigenvalue weighted by Crippen LogP contribution is -1.79. The summed E-state index contributed by atoms with van der Waals surface area (Å²) in [4.78, 5) is 14.3. The van der Waals surface area contributed by atoms with Crippen LogP contribution in [0.3, 0.4) is 0 Å². The van der Waals surface area contributed by atoms with Crippen molar-refractivity contribution in [3.05, 3.63) is 24.3 Å². The predicted molar refractivity (Wildman–Crippen MR) is 184 cm³/mol. The zero-order chi connectivity index (χ0) is 30.2. The van der Waals surface area contributed by atoms with E-state index < -0.39 is 8.25 Å². The van der Waals surface area contributed by atoms with Crippen LogP contribution >= 0.6 is 8.25 Å². The normalized spacial score (nSPS) is 11.2. The molecule has 2 N–H and O–H groups in total. The fraction of sp³-hybridized carbons (Fsp3) is 0.889. The van der Waals surface area contributed by atoms with E-state index in [-0.39, 0.29) is 0 Å². The van der Waals surface area contributed by atoms with E-state index in [2.05, 4.69) is 52.0 Å². The van der Waals surface area contributed by atoms with Gasteiger partial charge in [0.1, 0.15) is 0 Å². The Morgan fingerprint density at radius 1 is 0.350 bits per heavy atom. The van der Waals surface area contributed by atoms with Crippen LogP contribution in [0.1, 0.15) is 207 Å². The number of unbranched alkanes of at least 4 members (excludes halogenated alkanes) is 24. The molecule has 0 bridgehead atoms. The first kappa shape index (κ1) is 44.1. The summed E-state index contributed by atoms with van der Waals surface area (Å²) in [6, 6.07) is 0. The Hall–Kier alpha value is -0.370. The fourth-order valence-electron chi connectivity index (χ4n) is 4.64. The quantitative estimate of drug-likeness (QED) is 0.0544. The van der Waals surface area contributed by atoms with Crippen LogP contribution in [0.5, 0.6) is 0 Å². The van der Waals surface area contributed by atoms with Gasteiger partial charge in [-0.3, -0.25) is 4.57 Å². The first-order valence-electron chi connectivity index (χ1n) is 17.8. The molecule has 0 fully saturated rings. The molecule has 0 spiro atoms. The van der Waals surface area contributed by atoms with Gasteiger partial charge in [0, 0.05) is 0 Å². The zero-order valence-corrected chi connectivity index (χ0v) is 28.9. The van der Waals surface area contributed by atoms with E-state index in [9.17, 15) is 0 Å². The lowest BCUT2D eigenvalue weighted by atomic mass is 10.1. The molecule has 0 amide bonds. The van der Waals surface area contributed by atoms with Crippen molar-refractivity contribution < 1.29 is 14.4 Å². The summed E-state index contributed by atoms with van der Waals surface area (Å²) >= 11 is 0. The first-order valence-corrected chi connectivity index (χ1v) is 19.1. The van der Waals surface area contributed by atoms with E-state index in [1.54, 1.807) is 0 Å². The van der Waals surface area contributed by atoms with Crippen LogP contribution in [0.15, 0.2) is 24.3 Å². The minimum Gasteiger partial charge on any atom is -0.326 e. The second kappa shape index (κ2) is 45.6. The lowest BCUT2D eigenvalue weighted by Gasteiger charge is -1.98. The third-order valence-corrected chi connectivity index (χ3v) is 7.23. The van der Waals surface area contributed by atoms with Crippen LogP contribution in [0.25, 0.3) is 0 Å². The Bertz CT molecular complexity index is 412. The number of rotatable bonds is 28. The number of allylic oxidation sites excluding steroid dienone is 4. The van der Waals surface area contributed by atoms with E-state index in [0.29, 0.717) is 0 Å². The van der Waals surface area contributed by atoms with Crippen LogP contribution in [0.4, 0.5) is 0 Å². The number of hydrogen-bond donors (Lipinski definition) is 2. The molecular weight excluding hydrogens is 511 g/mol. The highest BCUT2D eigenvalue weighted by Crippen LogP contribution is 2.11. The predicted octanol–water partition coefficient (Wildman–Crippen LogP) is 13.4. The molecule has 0 atom stereocenters. The molecule has 3 nitrogen and oxygen atoms in total. The monoisotopic (exact) mass is 587 g/mol. The highest BCUT2D eigenvalue weighted by atomic mass is 31.1. The summed E-state index contributed by atoms with van der Waals surface area (Å²) < 4.78 is 8.74. The van der Waals surface area contributed by atoms with Crippen LogP contribution in [0.2, 0.25) is 0 Å². The highest BCUT2D eigenvalue weighted by Gasteiger charge is 1.91. The molecule has 0 aromatic rings. The fourth-order valence-corrected chi connectivity index (χ4v) is 4.64. The molecule has 0 aliphatic heterocycles. The number of hydrogen-bond acceptors (Lipinski definition) is 1. The molecule has 0 aromatic heterocycles. The Labute approximate surface area is 254 Å². The smallest absolute Gasteiger partial charge is 0.314 e. The third-order valence-electron chi connectivity index (χ3n) is 7.23. The maximum atomic E-state index is 8.74. The van der Waals surface area contributed by atoms with E-state index in [1.807, 2.05) is 0 Å². The van der Waals surface area contributed by atoms with Gasteiger partial charge >= 0.3 is 8.25 Å². The van der Waals surface area contributed by atoms with E-state index in [0.717, 1.165) is 0 Å². The van der Waals surface area contributed by atoms with E-state index in [4.69, 9.17) is 14.4 Å². The SMILES string of the molecule is CCCCCCCCC=CCCCCCCCC.CCCCCCCCC=CCCCCCCCC.O=[PH](O)O. The summed E-state index contributed by atoms with van der Waals surface area (Å²) in [5.74, 6) is 0. The Morgan fingerprint density at radius 3 is 0.675 bits per heavy atom. The van der Waals surface area contributed by atoms with E-state index >= 15 is 0 Å². The molecule has 0 saturated carbocycles. The highest BCUT2D eigenvalue weighted by molar-refractivity contribution is 7.30. The zero-order valence-electron chi connectivity index (χ0n) is 27.9. The molecular formula is C36H75O3P. The minimum absolute atomic E-state index is 1.31. The minimum atomic E-state index is -3.13. The molecule has 0 radical (unpaired) electrons. The van der Waals surface area contributed by atoms with Crippen LogP contribution < -0.4 is 0 Å². The third kappa shape index (κ3) is 57.5. The van der Waals surface area contributed by atoms with Gasteiger partial charge < -0.3 is 9.79 Å². The molecule has 0 unspecified atom stereocenters. The summed E-state index contributed by atoms with van der Waals surface area (Å²) in [5.41, 5.74) is 0. The summed E-state index contributed by atoms with van der Waals surface area (Å²) in [6.07, 6.45) is 48.9. The van der Waals surface area contributed by atoms with Crippen molar-refractivity contribution in [2.45, 2.75) is 207 Å². The van der Waals surface area contributed by atoms with Gasteiger partial charge in [0.15, 0.2) is 0 Å². The Morgan fingerprint density at radius 2 is 0.500 bits per heavy atom. The van der Waals surface area contributed by atoms with Crippen LogP contribution in [-0.2, 0) is 4.57 Å². The maximum absolute atomic E-state index is 8.74. The molecule has 0 saturated heterocycles. The van der Waals surface area contributed by atoms with Crippen molar-refractivity contribution in [1.82, 2.24) is 0 Å². The van der Waals surface area contributed by atoms with Crippen LogP contribution in [0, 0.1) is 0 Å². The van der Waals surface area contributed by atoms with Crippen molar-refractivity contribution in [2.24, 2.45) is 0 Å². The first-order chi connectivity index (χ1) is 19.6. The maximum Gasteiger partial charge on any atom is 0.314 e. The Balaban J connectivity index is -0.000000603. The molecule has 242 valence electrons. The molecule has 0 aliphatic carbocycles. The van der Waals surface area contributed by atoms with Gasteiger partial charge in [0.25, 0.3) is 0 Å². The second-order valence-electron chi connectivity index (χ2n) is 11.5. The van der Waals surface area contributed by atoms with Gasteiger partial charge in [-0.1, -0.05) is 180 Å². The lowest BCUT2D eigenvalue weighted by molar-refractivity contribution is 0.405. The van der Waals surface area contributed by atoms with Gasteiger partial charge in [-0.25, -0.2) is 0 Å². The summed E-state index contributed by atoms with van der Waals surface area (Å²) in [7, 11) is -3.13. The molecule has 0 aliphatic rings.